The lowest BCUT2D eigenvalue weighted by Crippen LogP contribution is -2.47. The summed E-state index contributed by atoms with van der Waals surface area (Å²) in [5.41, 5.74) is 1.53. The zero-order chi connectivity index (χ0) is 22.1. The van der Waals surface area contributed by atoms with Crippen LogP contribution in [0.5, 0.6) is 5.75 Å². The first-order valence-electron chi connectivity index (χ1n) is 10.2. The molecule has 0 saturated carbocycles. The van der Waals surface area contributed by atoms with Gasteiger partial charge in [-0.05, 0) is 43.7 Å². The summed E-state index contributed by atoms with van der Waals surface area (Å²) in [4.78, 5) is 29.8. The first-order valence-corrected chi connectivity index (χ1v) is 10.2. The number of aryl methyl sites for hydroxylation is 1. The lowest BCUT2D eigenvalue weighted by molar-refractivity contribution is -0.133. The molecule has 1 aromatic heterocycles. The summed E-state index contributed by atoms with van der Waals surface area (Å²) in [6, 6.07) is 10.9. The number of amides is 2. The van der Waals surface area contributed by atoms with Crippen molar-refractivity contribution in [2.45, 2.75) is 32.9 Å². The number of hydrogen-bond donors (Lipinski definition) is 0. The minimum Gasteiger partial charge on any atom is -0.497 e. The molecule has 0 radical (unpaired) electrons. The maximum Gasteiger partial charge on any atom is 0.254 e. The number of carbonyl (C=O) groups excluding carboxylic acids is 2. The number of nitrogens with zero attached hydrogens (tertiary/aromatic N) is 3. The molecule has 0 N–H and O–H groups in total. The average molecular weight is 416 g/mol. The van der Waals surface area contributed by atoms with Crippen LogP contribution in [0.4, 0.5) is 0 Å². The highest BCUT2D eigenvalue weighted by Crippen LogP contribution is 2.17. The topological polar surface area (TPSA) is 64.0 Å². The van der Waals surface area contributed by atoms with E-state index in [2.05, 4.69) is 0 Å². The van der Waals surface area contributed by atoms with E-state index in [1.807, 2.05) is 43.8 Å². The Labute approximate surface area is 179 Å². The van der Waals surface area contributed by atoms with Crippen molar-refractivity contribution < 1.29 is 19.1 Å². The van der Waals surface area contributed by atoms with Crippen LogP contribution in [0.1, 0.15) is 36.3 Å². The Kier molecular flexibility index (Phi) is 8.92. The summed E-state index contributed by atoms with van der Waals surface area (Å²) in [6.45, 7) is 5.34. The van der Waals surface area contributed by atoms with Crippen molar-refractivity contribution in [2.24, 2.45) is 7.05 Å². The van der Waals surface area contributed by atoms with Crippen LogP contribution in [0, 0.1) is 0 Å². The van der Waals surface area contributed by atoms with Gasteiger partial charge in [0.2, 0.25) is 5.91 Å². The van der Waals surface area contributed by atoms with Crippen LogP contribution in [0.25, 0.3) is 0 Å². The summed E-state index contributed by atoms with van der Waals surface area (Å²) in [5.74, 6) is 0.327. The molecule has 30 heavy (non-hydrogen) atoms. The first-order chi connectivity index (χ1) is 14.4. The van der Waals surface area contributed by atoms with Gasteiger partial charge >= 0.3 is 0 Å². The molecule has 1 atom stereocenters. The number of ether oxygens (including phenoxy) is 2. The van der Waals surface area contributed by atoms with E-state index in [9.17, 15) is 9.59 Å². The van der Waals surface area contributed by atoms with Crippen LogP contribution in [0.15, 0.2) is 42.6 Å². The highest BCUT2D eigenvalue weighted by molar-refractivity contribution is 5.97. The highest BCUT2D eigenvalue weighted by atomic mass is 16.5. The SMILES string of the molecule is CC[C@H](C)N(CC(=O)N(CCOC)Cc1cccn1C)C(=O)c1cccc(OC)c1. The van der Waals surface area contributed by atoms with Crippen molar-refractivity contribution in [3.05, 3.63) is 53.9 Å². The van der Waals surface area contributed by atoms with Gasteiger partial charge in [-0.1, -0.05) is 13.0 Å². The third kappa shape index (κ3) is 6.10. The zero-order valence-corrected chi connectivity index (χ0v) is 18.6. The smallest absolute Gasteiger partial charge is 0.254 e. The van der Waals surface area contributed by atoms with Crippen molar-refractivity contribution in [3.63, 3.8) is 0 Å². The molecule has 0 aliphatic carbocycles. The van der Waals surface area contributed by atoms with Crippen LogP contribution in [-0.4, -0.2) is 66.1 Å². The Morgan fingerprint density at radius 1 is 1.17 bits per heavy atom. The van der Waals surface area contributed by atoms with E-state index in [1.165, 1.54) is 0 Å². The van der Waals surface area contributed by atoms with Gasteiger partial charge in [0.25, 0.3) is 5.91 Å². The summed E-state index contributed by atoms with van der Waals surface area (Å²) < 4.78 is 12.4. The third-order valence-corrected chi connectivity index (χ3v) is 5.33. The van der Waals surface area contributed by atoms with E-state index < -0.39 is 0 Å². The summed E-state index contributed by atoms with van der Waals surface area (Å²) >= 11 is 0. The fourth-order valence-corrected chi connectivity index (χ4v) is 3.17. The van der Waals surface area contributed by atoms with Crippen molar-refractivity contribution in [3.8, 4) is 5.75 Å². The van der Waals surface area contributed by atoms with Gasteiger partial charge < -0.3 is 23.8 Å². The number of aromatic nitrogens is 1. The van der Waals surface area contributed by atoms with Gasteiger partial charge in [0.05, 0.1) is 20.3 Å². The highest BCUT2D eigenvalue weighted by Gasteiger charge is 2.26. The van der Waals surface area contributed by atoms with Gasteiger partial charge in [0.1, 0.15) is 12.3 Å². The summed E-state index contributed by atoms with van der Waals surface area (Å²) in [6.07, 6.45) is 2.70. The molecule has 2 rings (SSSR count). The van der Waals surface area contributed by atoms with Gasteiger partial charge in [-0.25, -0.2) is 0 Å². The van der Waals surface area contributed by atoms with E-state index in [4.69, 9.17) is 9.47 Å². The predicted molar refractivity (Wildman–Crippen MR) is 116 cm³/mol. The molecule has 0 spiro atoms. The molecule has 2 aromatic rings. The molecule has 0 bridgehead atoms. The van der Waals surface area contributed by atoms with Gasteiger partial charge in [0, 0.05) is 44.2 Å². The van der Waals surface area contributed by atoms with Gasteiger partial charge in [-0.2, -0.15) is 0 Å². The van der Waals surface area contributed by atoms with Gasteiger partial charge in [-0.15, -0.1) is 0 Å². The Balaban J connectivity index is 2.22. The predicted octanol–water partition coefficient (Wildman–Crippen LogP) is 2.95. The summed E-state index contributed by atoms with van der Waals surface area (Å²) in [7, 11) is 5.13. The van der Waals surface area contributed by atoms with Crippen molar-refractivity contribution in [1.29, 1.82) is 0 Å². The minimum absolute atomic E-state index is 0.0131. The second-order valence-electron chi connectivity index (χ2n) is 7.34. The lowest BCUT2D eigenvalue weighted by atomic mass is 10.1. The largest absolute Gasteiger partial charge is 0.497 e. The Bertz CT molecular complexity index is 833. The van der Waals surface area contributed by atoms with Crippen LogP contribution in [0.2, 0.25) is 0 Å². The average Bonchev–Trinajstić information content (AvgIpc) is 3.17. The molecule has 0 aliphatic heterocycles. The molecular weight excluding hydrogens is 382 g/mol. The maximum atomic E-state index is 13.2. The first kappa shape index (κ1) is 23.5. The standard InChI is InChI=1S/C23H33N3O4/c1-6-18(2)26(23(28)19-9-7-11-21(15-19)30-5)17-22(27)25(13-14-29-4)16-20-10-8-12-24(20)3/h7-12,15,18H,6,13-14,16-17H2,1-5H3/t18-/m0/s1. The molecule has 0 unspecified atom stereocenters. The van der Waals surface area contributed by atoms with Crippen molar-refractivity contribution >= 4 is 11.8 Å². The molecule has 7 heteroatoms. The Morgan fingerprint density at radius 2 is 1.93 bits per heavy atom. The van der Waals surface area contributed by atoms with E-state index in [1.54, 1.807) is 48.3 Å². The fraction of sp³-hybridized carbons (Fsp3) is 0.478. The molecular formula is C23H33N3O4. The zero-order valence-electron chi connectivity index (χ0n) is 18.6. The second-order valence-corrected chi connectivity index (χ2v) is 7.34. The van der Waals surface area contributed by atoms with Crippen molar-refractivity contribution in [2.75, 3.05) is 33.9 Å². The Hall–Kier alpha value is -2.80. The molecule has 0 aliphatic rings. The van der Waals surface area contributed by atoms with E-state index in [0.29, 0.717) is 31.0 Å². The Morgan fingerprint density at radius 3 is 2.53 bits per heavy atom. The molecule has 0 saturated heterocycles. The third-order valence-electron chi connectivity index (χ3n) is 5.33. The van der Waals surface area contributed by atoms with Crippen LogP contribution < -0.4 is 4.74 Å². The number of methoxy groups -OCH3 is 2. The molecule has 7 nitrogen and oxygen atoms in total. The van der Waals surface area contributed by atoms with Crippen LogP contribution in [0.3, 0.4) is 0 Å². The number of rotatable bonds is 11. The lowest BCUT2D eigenvalue weighted by Gasteiger charge is -2.31. The van der Waals surface area contributed by atoms with Crippen molar-refractivity contribution in [1.82, 2.24) is 14.4 Å². The van der Waals surface area contributed by atoms with E-state index >= 15 is 0 Å². The molecule has 164 valence electrons. The monoisotopic (exact) mass is 415 g/mol. The van der Waals surface area contributed by atoms with E-state index in [-0.39, 0.29) is 24.4 Å². The number of benzene rings is 1. The maximum absolute atomic E-state index is 13.2. The van der Waals surface area contributed by atoms with Crippen LogP contribution >= 0.6 is 0 Å². The van der Waals surface area contributed by atoms with Crippen LogP contribution in [-0.2, 0) is 23.1 Å². The second kappa shape index (κ2) is 11.4. The number of hydrogen-bond acceptors (Lipinski definition) is 4. The molecule has 1 aromatic carbocycles. The molecule has 2 amide bonds. The van der Waals surface area contributed by atoms with Gasteiger partial charge in [-0.3, -0.25) is 9.59 Å². The fourth-order valence-electron chi connectivity index (χ4n) is 3.17. The quantitative estimate of drug-likeness (QED) is 0.566. The van der Waals surface area contributed by atoms with E-state index in [0.717, 1.165) is 12.1 Å². The number of carbonyl (C=O) groups is 2. The molecule has 0 fully saturated rings. The van der Waals surface area contributed by atoms with Gasteiger partial charge in [0.15, 0.2) is 0 Å². The minimum atomic E-state index is -0.179. The summed E-state index contributed by atoms with van der Waals surface area (Å²) in [5, 5.41) is 0. The molecule has 1 heterocycles. The normalized spacial score (nSPS) is 11.8.